The Labute approximate surface area is 106 Å². The minimum Gasteiger partial charge on any atom is -0.459 e. The molecular formula is C12H12BNO4. The van der Waals surface area contributed by atoms with Gasteiger partial charge in [0.15, 0.2) is 6.29 Å². The van der Waals surface area contributed by atoms with Crippen LogP contribution in [0.3, 0.4) is 0 Å². The van der Waals surface area contributed by atoms with Gasteiger partial charge < -0.3 is 10.1 Å². The van der Waals surface area contributed by atoms with Crippen LogP contribution in [0.5, 0.6) is 0 Å². The van der Waals surface area contributed by atoms with Gasteiger partial charge in [-0.25, -0.2) is 4.79 Å². The number of carbonyl (C=O) groups excluding carboxylic acids is 3. The second-order valence-corrected chi connectivity index (χ2v) is 3.59. The number of rotatable bonds is 3. The normalized spacial score (nSPS) is 9.67. The molecule has 0 saturated carbocycles. The van der Waals surface area contributed by atoms with Gasteiger partial charge in [-0.1, -0.05) is 17.1 Å². The van der Waals surface area contributed by atoms with Crippen LogP contribution in [0.15, 0.2) is 12.1 Å². The third-order valence-corrected chi connectivity index (χ3v) is 2.27. The fraction of sp³-hybridized carbons (Fsp3) is 0.250. The van der Waals surface area contributed by atoms with E-state index in [1.165, 1.54) is 12.1 Å². The Bertz CT molecular complexity index is 499. The summed E-state index contributed by atoms with van der Waals surface area (Å²) in [7, 11) is 5.64. The number of benzene rings is 1. The lowest BCUT2D eigenvalue weighted by atomic mass is 9.89. The van der Waals surface area contributed by atoms with Crippen molar-refractivity contribution >= 4 is 37.2 Å². The SMILES string of the molecule is [B]c1cc(C=O)c(NC(=O)C(=O)OCC)cc1C. The van der Waals surface area contributed by atoms with E-state index in [9.17, 15) is 14.4 Å². The van der Waals surface area contributed by atoms with Crippen molar-refractivity contribution in [3.63, 3.8) is 0 Å². The van der Waals surface area contributed by atoms with Crippen molar-refractivity contribution in [2.45, 2.75) is 13.8 Å². The van der Waals surface area contributed by atoms with Gasteiger partial charge in [-0.05, 0) is 19.9 Å². The summed E-state index contributed by atoms with van der Waals surface area (Å²) in [5.74, 6) is -1.92. The van der Waals surface area contributed by atoms with Gasteiger partial charge in [-0.3, -0.25) is 9.59 Å². The molecule has 0 spiro atoms. The first kappa shape index (κ1) is 14.0. The third-order valence-electron chi connectivity index (χ3n) is 2.27. The van der Waals surface area contributed by atoms with E-state index >= 15 is 0 Å². The number of aryl methyl sites for hydroxylation is 1. The summed E-state index contributed by atoms with van der Waals surface area (Å²) in [5.41, 5.74) is 1.57. The molecule has 92 valence electrons. The van der Waals surface area contributed by atoms with Crippen molar-refractivity contribution in [1.29, 1.82) is 0 Å². The number of hydrogen-bond donors (Lipinski definition) is 1. The molecule has 0 aliphatic heterocycles. The lowest BCUT2D eigenvalue weighted by molar-refractivity contribution is -0.152. The lowest BCUT2D eigenvalue weighted by Gasteiger charge is -2.10. The molecular weight excluding hydrogens is 233 g/mol. The molecule has 2 radical (unpaired) electrons. The predicted molar refractivity (Wildman–Crippen MR) is 67.2 cm³/mol. The zero-order valence-corrected chi connectivity index (χ0v) is 10.1. The van der Waals surface area contributed by atoms with Crippen molar-refractivity contribution in [1.82, 2.24) is 0 Å². The highest BCUT2D eigenvalue weighted by Crippen LogP contribution is 2.14. The molecule has 1 aromatic rings. The van der Waals surface area contributed by atoms with Crippen LogP contribution in [0.4, 0.5) is 5.69 Å². The van der Waals surface area contributed by atoms with Gasteiger partial charge in [0.2, 0.25) is 0 Å². The Morgan fingerprint density at radius 2 is 2.11 bits per heavy atom. The highest BCUT2D eigenvalue weighted by atomic mass is 16.5. The number of hydrogen-bond acceptors (Lipinski definition) is 4. The first-order valence-corrected chi connectivity index (χ1v) is 5.33. The summed E-state index contributed by atoms with van der Waals surface area (Å²) in [6.45, 7) is 3.42. The van der Waals surface area contributed by atoms with Crippen molar-refractivity contribution < 1.29 is 19.1 Å². The van der Waals surface area contributed by atoms with Crippen LogP contribution in [0.2, 0.25) is 0 Å². The Hall–Kier alpha value is -2.11. The minimum absolute atomic E-state index is 0.105. The fourth-order valence-corrected chi connectivity index (χ4v) is 1.32. The Kier molecular flexibility index (Phi) is 4.65. The van der Waals surface area contributed by atoms with Crippen molar-refractivity contribution in [2.24, 2.45) is 0 Å². The average molecular weight is 245 g/mol. The fourth-order valence-electron chi connectivity index (χ4n) is 1.32. The molecule has 0 atom stereocenters. The van der Waals surface area contributed by atoms with E-state index in [-0.39, 0.29) is 17.9 Å². The maximum atomic E-state index is 11.4. The van der Waals surface area contributed by atoms with Gasteiger partial charge in [0.05, 0.1) is 12.3 Å². The van der Waals surface area contributed by atoms with Crippen LogP contribution in [-0.4, -0.2) is 32.6 Å². The molecule has 6 heteroatoms. The van der Waals surface area contributed by atoms with Gasteiger partial charge in [-0.2, -0.15) is 0 Å². The van der Waals surface area contributed by atoms with E-state index in [0.29, 0.717) is 17.3 Å². The molecule has 1 rings (SSSR count). The second kappa shape index (κ2) is 6.00. The monoisotopic (exact) mass is 245 g/mol. The third kappa shape index (κ3) is 3.19. The smallest absolute Gasteiger partial charge is 0.397 e. The predicted octanol–water partition coefficient (Wildman–Crippen LogP) is 0.103. The van der Waals surface area contributed by atoms with Gasteiger partial charge in [0, 0.05) is 5.56 Å². The Morgan fingerprint density at radius 3 is 2.67 bits per heavy atom. The number of nitrogens with one attached hydrogen (secondary N) is 1. The van der Waals surface area contributed by atoms with Crippen LogP contribution in [0.25, 0.3) is 0 Å². The number of carbonyl (C=O) groups is 3. The molecule has 0 aromatic heterocycles. The number of esters is 1. The molecule has 0 aliphatic rings. The number of ether oxygens (including phenoxy) is 1. The Balaban J connectivity index is 2.97. The molecule has 1 aromatic carbocycles. The standard InChI is InChI=1S/C12H12BNO4/c1-3-18-12(17)11(16)14-10-4-7(2)9(13)5-8(10)6-15/h4-6H,3H2,1-2H3,(H,14,16). The highest BCUT2D eigenvalue weighted by molar-refractivity contribution is 6.38. The zero-order valence-electron chi connectivity index (χ0n) is 10.1. The van der Waals surface area contributed by atoms with Crippen molar-refractivity contribution in [3.05, 3.63) is 23.3 Å². The number of amides is 1. The van der Waals surface area contributed by atoms with Crippen molar-refractivity contribution in [3.8, 4) is 0 Å². The van der Waals surface area contributed by atoms with Gasteiger partial charge in [-0.15, -0.1) is 0 Å². The zero-order chi connectivity index (χ0) is 13.7. The van der Waals surface area contributed by atoms with Crippen LogP contribution in [-0.2, 0) is 14.3 Å². The number of aldehydes is 1. The molecule has 0 aliphatic carbocycles. The van der Waals surface area contributed by atoms with Crippen molar-refractivity contribution in [2.75, 3.05) is 11.9 Å². The average Bonchev–Trinajstić information content (AvgIpc) is 2.33. The summed E-state index contributed by atoms with van der Waals surface area (Å²) in [5, 5.41) is 2.31. The molecule has 0 saturated heterocycles. The quantitative estimate of drug-likeness (QED) is 0.355. The molecule has 1 amide bonds. The summed E-state index contributed by atoms with van der Waals surface area (Å²) in [6, 6.07) is 2.96. The number of anilines is 1. The summed E-state index contributed by atoms with van der Waals surface area (Å²) in [6.07, 6.45) is 0.552. The summed E-state index contributed by atoms with van der Waals surface area (Å²) in [4.78, 5) is 33.4. The lowest BCUT2D eigenvalue weighted by Crippen LogP contribution is -2.26. The second-order valence-electron chi connectivity index (χ2n) is 3.59. The molecule has 18 heavy (non-hydrogen) atoms. The molecule has 1 N–H and O–H groups in total. The molecule has 0 unspecified atom stereocenters. The van der Waals surface area contributed by atoms with E-state index in [0.717, 1.165) is 0 Å². The van der Waals surface area contributed by atoms with E-state index in [4.69, 9.17) is 7.85 Å². The van der Waals surface area contributed by atoms with Crippen LogP contribution >= 0.6 is 0 Å². The Morgan fingerprint density at radius 1 is 1.44 bits per heavy atom. The van der Waals surface area contributed by atoms with Gasteiger partial charge >= 0.3 is 11.9 Å². The van der Waals surface area contributed by atoms with E-state index in [1.54, 1.807) is 13.8 Å². The van der Waals surface area contributed by atoms with E-state index in [2.05, 4.69) is 10.1 Å². The van der Waals surface area contributed by atoms with Crippen LogP contribution < -0.4 is 10.8 Å². The topological polar surface area (TPSA) is 72.5 Å². The van der Waals surface area contributed by atoms with E-state index in [1.807, 2.05) is 0 Å². The molecule has 0 heterocycles. The highest BCUT2D eigenvalue weighted by Gasteiger charge is 2.16. The summed E-state index contributed by atoms with van der Waals surface area (Å²) >= 11 is 0. The van der Waals surface area contributed by atoms with Crippen LogP contribution in [0.1, 0.15) is 22.8 Å². The first-order valence-electron chi connectivity index (χ1n) is 5.33. The van der Waals surface area contributed by atoms with Crippen LogP contribution in [0, 0.1) is 6.92 Å². The molecule has 0 fully saturated rings. The van der Waals surface area contributed by atoms with Gasteiger partial charge in [0.25, 0.3) is 0 Å². The minimum atomic E-state index is -0.996. The summed E-state index contributed by atoms with van der Waals surface area (Å²) < 4.78 is 4.54. The first-order chi connectivity index (χ1) is 8.49. The largest absolute Gasteiger partial charge is 0.459 e. The van der Waals surface area contributed by atoms with E-state index < -0.39 is 11.9 Å². The molecule has 5 nitrogen and oxygen atoms in total. The van der Waals surface area contributed by atoms with Gasteiger partial charge in [0.1, 0.15) is 7.85 Å². The maximum absolute atomic E-state index is 11.4. The maximum Gasteiger partial charge on any atom is 0.397 e. The molecule has 0 bridgehead atoms.